The van der Waals surface area contributed by atoms with Gasteiger partial charge in [0, 0.05) is 24.8 Å². The van der Waals surface area contributed by atoms with Crippen LogP contribution in [-0.4, -0.2) is 43.0 Å². The molecule has 0 aromatic heterocycles. The number of anilines is 1. The van der Waals surface area contributed by atoms with Gasteiger partial charge >= 0.3 is 6.09 Å². The summed E-state index contributed by atoms with van der Waals surface area (Å²) in [6.07, 6.45) is 0.350. The number of methoxy groups -OCH3 is 1. The molecule has 20 heavy (non-hydrogen) atoms. The quantitative estimate of drug-likeness (QED) is 0.863. The van der Waals surface area contributed by atoms with Crippen molar-refractivity contribution < 1.29 is 18.7 Å². The summed E-state index contributed by atoms with van der Waals surface area (Å²) in [5.41, 5.74) is 0.526. The van der Waals surface area contributed by atoms with Gasteiger partial charge in [0.05, 0.1) is 12.7 Å². The van der Waals surface area contributed by atoms with Crippen LogP contribution in [0.2, 0.25) is 0 Å². The van der Waals surface area contributed by atoms with Crippen LogP contribution in [0.3, 0.4) is 0 Å². The second kappa shape index (κ2) is 5.90. The molecule has 1 N–H and O–H groups in total. The van der Waals surface area contributed by atoms with Crippen molar-refractivity contribution in [2.45, 2.75) is 19.4 Å². The van der Waals surface area contributed by atoms with Crippen molar-refractivity contribution in [1.29, 1.82) is 0 Å². The number of likely N-dealkylation sites (tertiary alicyclic amines) is 1. The van der Waals surface area contributed by atoms with Gasteiger partial charge in [-0.3, -0.25) is 4.79 Å². The molecule has 1 atom stereocenters. The molecule has 1 aliphatic heterocycles. The Kier molecular flexibility index (Phi) is 4.22. The Balaban J connectivity index is 2.10. The van der Waals surface area contributed by atoms with Gasteiger partial charge in [0.25, 0.3) is 0 Å². The van der Waals surface area contributed by atoms with Gasteiger partial charge in [-0.1, -0.05) is 6.07 Å². The monoisotopic (exact) mass is 280 g/mol. The summed E-state index contributed by atoms with van der Waals surface area (Å²) in [6, 6.07) is 4.46. The number of hydrogen-bond donors (Lipinski definition) is 1. The number of nitrogens with zero attached hydrogens (tertiary/aromatic N) is 1. The fourth-order valence-electron chi connectivity index (χ4n) is 2.40. The Morgan fingerprint density at radius 3 is 2.85 bits per heavy atom. The number of benzene rings is 1. The zero-order chi connectivity index (χ0) is 14.7. The standard InChI is InChI=1S/C14H17FN2O3/c1-9(18)13-11(15)4-3-5-12(13)16-10-6-7-17(8-10)14(19)20-2/h3-5,10,16H,6-8H2,1-2H3/t10-/m1/s1. The molecule has 108 valence electrons. The number of nitrogens with one attached hydrogen (secondary N) is 1. The van der Waals surface area contributed by atoms with Crippen molar-refractivity contribution in [1.82, 2.24) is 4.90 Å². The summed E-state index contributed by atoms with van der Waals surface area (Å²) in [5, 5.41) is 3.13. The molecule has 5 nitrogen and oxygen atoms in total. The zero-order valence-electron chi connectivity index (χ0n) is 11.5. The highest BCUT2D eigenvalue weighted by atomic mass is 19.1. The average Bonchev–Trinajstić information content (AvgIpc) is 2.86. The van der Waals surface area contributed by atoms with Crippen molar-refractivity contribution in [2.75, 3.05) is 25.5 Å². The highest BCUT2D eigenvalue weighted by Gasteiger charge is 2.27. The summed E-state index contributed by atoms with van der Waals surface area (Å²) in [5.74, 6) is -0.862. The molecule has 1 aliphatic rings. The number of ketones is 1. The van der Waals surface area contributed by atoms with Gasteiger partial charge in [0.2, 0.25) is 0 Å². The normalized spacial score (nSPS) is 17.9. The molecule has 0 bridgehead atoms. The Morgan fingerprint density at radius 1 is 1.45 bits per heavy atom. The number of carbonyl (C=O) groups is 2. The molecule has 2 rings (SSSR count). The van der Waals surface area contributed by atoms with Crippen LogP contribution in [-0.2, 0) is 4.74 Å². The molecular formula is C14H17FN2O3. The molecule has 1 aromatic carbocycles. The molecule has 1 heterocycles. The lowest BCUT2D eigenvalue weighted by molar-refractivity contribution is 0.101. The van der Waals surface area contributed by atoms with Crippen molar-refractivity contribution >= 4 is 17.6 Å². The van der Waals surface area contributed by atoms with E-state index in [1.54, 1.807) is 17.0 Å². The summed E-state index contributed by atoms with van der Waals surface area (Å²) in [7, 11) is 1.34. The van der Waals surface area contributed by atoms with Crippen molar-refractivity contribution in [3.8, 4) is 0 Å². The topological polar surface area (TPSA) is 58.6 Å². The van der Waals surface area contributed by atoms with E-state index >= 15 is 0 Å². The largest absolute Gasteiger partial charge is 0.453 e. The van der Waals surface area contributed by atoms with Crippen LogP contribution >= 0.6 is 0 Å². The van der Waals surface area contributed by atoms with Gasteiger partial charge in [-0.05, 0) is 25.5 Å². The SMILES string of the molecule is COC(=O)N1CC[C@@H](Nc2cccc(F)c2C(C)=O)C1. The van der Waals surface area contributed by atoms with E-state index in [2.05, 4.69) is 10.1 Å². The summed E-state index contributed by atoms with van der Waals surface area (Å²) in [4.78, 5) is 24.5. The van der Waals surface area contributed by atoms with E-state index in [9.17, 15) is 14.0 Å². The van der Waals surface area contributed by atoms with E-state index in [0.717, 1.165) is 6.42 Å². The maximum Gasteiger partial charge on any atom is 0.409 e. The molecule has 0 saturated carbocycles. The molecule has 0 spiro atoms. The number of hydrogen-bond acceptors (Lipinski definition) is 4. The van der Waals surface area contributed by atoms with Crippen LogP contribution in [0.15, 0.2) is 18.2 Å². The predicted octanol–water partition coefficient (Wildman–Crippen LogP) is 2.28. The number of ether oxygens (including phenoxy) is 1. The van der Waals surface area contributed by atoms with Crippen molar-refractivity contribution in [3.63, 3.8) is 0 Å². The fourth-order valence-corrected chi connectivity index (χ4v) is 2.40. The molecule has 1 fully saturated rings. The molecule has 0 aliphatic carbocycles. The van der Waals surface area contributed by atoms with E-state index in [0.29, 0.717) is 18.8 Å². The minimum atomic E-state index is -0.537. The Hall–Kier alpha value is -2.11. The molecule has 1 amide bonds. The van der Waals surface area contributed by atoms with Crippen molar-refractivity contribution in [3.05, 3.63) is 29.6 Å². The Bertz CT molecular complexity index is 533. The van der Waals surface area contributed by atoms with Gasteiger partial charge in [0.1, 0.15) is 5.82 Å². The average molecular weight is 280 g/mol. The van der Waals surface area contributed by atoms with Gasteiger partial charge < -0.3 is 15.0 Å². The van der Waals surface area contributed by atoms with Gasteiger partial charge in [0.15, 0.2) is 5.78 Å². The third-order valence-corrected chi connectivity index (χ3v) is 3.35. The van der Waals surface area contributed by atoms with E-state index in [1.807, 2.05) is 0 Å². The van der Waals surface area contributed by atoms with Crippen LogP contribution < -0.4 is 5.32 Å². The third-order valence-electron chi connectivity index (χ3n) is 3.35. The summed E-state index contributed by atoms with van der Waals surface area (Å²) < 4.78 is 18.3. The van der Waals surface area contributed by atoms with Crippen LogP contribution in [0.5, 0.6) is 0 Å². The number of halogens is 1. The summed E-state index contributed by atoms with van der Waals surface area (Å²) >= 11 is 0. The lowest BCUT2D eigenvalue weighted by Crippen LogP contribution is -2.31. The smallest absolute Gasteiger partial charge is 0.409 e. The van der Waals surface area contributed by atoms with E-state index in [-0.39, 0.29) is 23.5 Å². The number of Topliss-reactive ketones (excluding diaryl/α,β-unsaturated/α-hetero) is 1. The molecule has 1 aromatic rings. The lowest BCUT2D eigenvalue weighted by atomic mass is 10.1. The highest BCUT2D eigenvalue weighted by Crippen LogP contribution is 2.23. The number of carbonyl (C=O) groups excluding carboxylic acids is 2. The van der Waals surface area contributed by atoms with Crippen LogP contribution in [0.4, 0.5) is 14.9 Å². The summed E-state index contributed by atoms with van der Waals surface area (Å²) in [6.45, 7) is 2.38. The highest BCUT2D eigenvalue weighted by molar-refractivity contribution is 5.99. The van der Waals surface area contributed by atoms with Crippen LogP contribution in [0, 0.1) is 5.82 Å². The molecule has 1 saturated heterocycles. The maximum absolute atomic E-state index is 13.7. The third kappa shape index (κ3) is 2.89. The maximum atomic E-state index is 13.7. The van der Waals surface area contributed by atoms with E-state index in [1.165, 1.54) is 20.1 Å². The molecular weight excluding hydrogens is 263 g/mol. The fraction of sp³-hybridized carbons (Fsp3) is 0.429. The van der Waals surface area contributed by atoms with Crippen molar-refractivity contribution in [2.24, 2.45) is 0 Å². The van der Waals surface area contributed by atoms with Gasteiger partial charge in [-0.25, -0.2) is 9.18 Å². The number of amides is 1. The molecule has 6 heteroatoms. The Labute approximate surface area is 116 Å². The molecule has 0 radical (unpaired) electrons. The van der Waals surface area contributed by atoms with E-state index < -0.39 is 5.82 Å². The first-order chi connectivity index (χ1) is 9.52. The number of rotatable bonds is 3. The van der Waals surface area contributed by atoms with Crippen LogP contribution in [0.1, 0.15) is 23.7 Å². The predicted molar refractivity (Wildman–Crippen MR) is 72.4 cm³/mol. The minimum Gasteiger partial charge on any atom is -0.453 e. The lowest BCUT2D eigenvalue weighted by Gasteiger charge is -2.18. The minimum absolute atomic E-state index is 0.0194. The van der Waals surface area contributed by atoms with Gasteiger partial charge in [-0.15, -0.1) is 0 Å². The first-order valence-corrected chi connectivity index (χ1v) is 6.41. The van der Waals surface area contributed by atoms with E-state index in [4.69, 9.17) is 0 Å². The first-order valence-electron chi connectivity index (χ1n) is 6.41. The second-order valence-electron chi connectivity index (χ2n) is 4.76. The first kappa shape index (κ1) is 14.3. The molecule has 0 unspecified atom stereocenters. The second-order valence-corrected chi connectivity index (χ2v) is 4.76. The van der Waals surface area contributed by atoms with Gasteiger partial charge in [-0.2, -0.15) is 0 Å². The van der Waals surface area contributed by atoms with Crippen LogP contribution in [0.25, 0.3) is 0 Å². The zero-order valence-corrected chi connectivity index (χ0v) is 11.5. The Morgan fingerprint density at radius 2 is 2.20 bits per heavy atom.